The molecule has 1 amide bonds. The number of hydrogen-bond acceptors (Lipinski definition) is 4. The van der Waals surface area contributed by atoms with Gasteiger partial charge in [0.2, 0.25) is 5.91 Å². The van der Waals surface area contributed by atoms with E-state index in [-0.39, 0.29) is 18.0 Å². The molecule has 1 aliphatic carbocycles. The lowest BCUT2D eigenvalue weighted by Gasteiger charge is -2.36. The lowest BCUT2D eigenvalue weighted by atomic mass is 9.87. The summed E-state index contributed by atoms with van der Waals surface area (Å²) in [5.74, 6) is 0.132. The van der Waals surface area contributed by atoms with Crippen LogP contribution in [0.2, 0.25) is 0 Å². The Morgan fingerprint density at radius 1 is 1.23 bits per heavy atom. The number of nitrogens with zero attached hydrogens (tertiary/aromatic N) is 2. The smallest absolute Gasteiger partial charge is 0.239 e. The number of piperazine rings is 1. The van der Waals surface area contributed by atoms with Crippen LogP contribution in [0.3, 0.4) is 0 Å². The van der Waals surface area contributed by atoms with Gasteiger partial charge in [0.1, 0.15) is 6.04 Å². The minimum absolute atomic E-state index is 0.132. The molecular weight excluding hydrogens is 324 g/mol. The fourth-order valence-corrected chi connectivity index (χ4v) is 4.09. The van der Waals surface area contributed by atoms with Gasteiger partial charge in [-0.1, -0.05) is 24.3 Å². The van der Waals surface area contributed by atoms with E-state index in [1.807, 2.05) is 24.5 Å². The second kappa shape index (κ2) is 7.98. The molecule has 2 N–H and O–H groups in total. The summed E-state index contributed by atoms with van der Waals surface area (Å²) in [7, 11) is 0. The summed E-state index contributed by atoms with van der Waals surface area (Å²) in [6.45, 7) is 3.28. The van der Waals surface area contributed by atoms with E-state index >= 15 is 0 Å². The van der Waals surface area contributed by atoms with Crippen molar-refractivity contribution in [2.45, 2.75) is 37.9 Å². The van der Waals surface area contributed by atoms with E-state index in [1.54, 1.807) is 0 Å². The summed E-state index contributed by atoms with van der Waals surface area (Å²) in [5.41, 5.74) is 3.86. The van der Waals surface area contributed by atoms with Gasteiger partial charge in [-0.15, -0.1) is 0 Å². The van der Waals surface area contributed by atoms with Crippen molar-refractivity contribution in [1.82, 2.24) is 20.5 Å². The highest BCUT2D eigenvalue weighted by atomic mass is 16.2. The Hall–Kier alpha value is -2.24. The predicted molar refractivity (Wildman–Crippen MR) is 102 cm³/mol. The molecule has 1 saturated heterocycles. The number of fused-ring (bicyclic) bond motifs is 1. The predicted octanol–water partition coefficient (Wildman–Crippen LogP) is 2.05. The molecule has 2 aliphatic rings. The molecule has 1 fully saturated rings. The first kappa shape index (κ1) is 17.2. The second-order valence-electron chi connectivity index (χ2n) is 7.20. The van der Waals surface area contributed by atoms with Crippen LogP contribution in [0.15, 0.2) is 48.8 Å². The van der Waals surface area contributed by atoms with Crippen molar-refractivity contribution in [2.24, 2.45) is 0 Å². The number of aryl methyl sites for hydroxylation is 1. The van der Waals surface area contributed by atoms with Gasteiger partial charge < -0.3 is 10.6 Å². The lowest BCUT2D eigenvalue weighted by Crippen LogP contribution is -2.57. The maximum absolute atomic E-state index is 13.1. The fraction of sp³-hybridized carbons (Fsp3) is 0.429. The maximum Gasteiger partial charge on any atom is 0.239 e. The number of carbonyl (C=O) groups excluding carboxylic acids is 1. The zero-order valence-electron chi connectivity index (χ0n) is 15.0. The molecule has 26 heavy (non-hydrogen) atoms. The SMILES string of the molecule is O=C(NC1CCCc2ccccc21)C1CNCCN1Cc1ccncc1. The van der Waals surface area contributed by atoms with Crippen molar-refractivity contribution in [3.05, 3.63) is 65.5 Å². The number of rotatable bonds is 4. The molecule has 0 saturated carbocycles. The molecule has 0 spiro atoms. The van der Waals surface area contributed by atoms with Crippen molar-refractivity contribution < 1.29 is 4.79 Å². The quantitative estimate of drug-likeness (QED) is 0.886. The molecule has 0 radical (unpaired) electrons. The molecule has 1 aliphatic heterocycles. The van der Waals surface area contributed by atoms with E-state index in [0.717, 1.165) is 38.9 Å². The normalized spacial score (nSPS) is 23.2. The van der Waals surface area contributed by atoms with Gasteiger partial charge in [-0.05, 0) is 48.1 Å². The number of aromatic nitrogens is 1. The van der Waals surface area contributed by atoms with Crippen molar-refractivity contribution in [3.8, 4) is 0 Å². The summed E-state index contributed by atoms with van der Waals surface area (Å²) in [6.07, 6.45) is 6.89. The Kier molecular flexibility index (Phi) is 5.27. The van der Waals surface area contributed by atoms with Crippen LogP contribution in [-0.4, -0.2) is 41.5 Å². The van der Waals surface area contributed by atoms with Gasteiger partial charge in [0.15, 0.2) is 0 Å². The molecule has 1 aromatic carbocycles. The third kappa shape index (κ3) is 3.79. The summed E-state index contributed by atoms with van der Waals surface area (Å²) in [5, 5.41) is 6.70. The number of carbonyl (C=O) groups is 1. The minimum Gasteiger partial charge on any atom is -0.348 e. The van der Waals surface area contributed by atoms with Crippen LogP contribution >= 0.6 is 0 Å². The van der Waals surface area contributed by atoms with Crippen LogP contribution in [-0.2, 0) is 17.8 Å². The van der Waals surface area contributed by atoms with Gasteiger partial charge >= 0.3 is 0 Å². The van der Waals surface area contributed by atoms with E-state index in [9.17, 15) is 4.79 Å². The van der Waals surface area contributed by atoms with Crippen molar-refractivity contribution in [2.75, 3.05) is 19.6 Å². The molecule has 2 heterocycles. The third-order valence-corrected chi connectivity index (χ3v) is 5.48. The van der Waals surface area contributed by atoms with Gasteiger partial charge in [0.05, 0.1) is 6.04 Å². The highest BCUT2D eigenvalue weighted by Gasteiger charge is 2.31. The Labute approximate surface area is 154 Å². The zero-order valence-corrected chi connectivity index (χ0v) is 15.0. The number of benzene rings is 1. The van der Waals surface area contributed by atoms with Crippen LogP contribution in [0.4, 0.5) is 0 Å². The molecular formula is C21H26N4O. The molecule has 2 atom stereocenters. The van der Waals surface area contributed by atoms with Crippen LogP contribution in [0.25, 0.3) is 0 Å². The maximum atomic E-state index is 13.1. The molecule has 136 valence electrons. The van der Waals surface area contributed by atoms with Crippen LogP contribution < -0.4 is 10.6 Å². The highest BCUT2D eigenvalue weighted by molar-refractivity contribution is 5.82. The minimum atomic E-state index is -0.133. The van der Waals surface area contributed by atoms with E-state index in [4.69, 9.17) is 0 Å². The molecule has 4 rings (SSSR count). The van der Waals surface area contributed by atoms with Crippen LogP contribution in [0.5, 0.6) is 0 Å². The first-order valence-corrected chi connectivity index (χ1v) is 9.53. The van der Waals surface area contributed by atoms with Gasteiger partial charge in [-0.3, -0.25) is 14.7 Å². The summed E-state index contributed by atoms with van der Waals surface area (Å²) >= 11 is 0. The van der Waals surface area contributed by atoms with E-state index in [0.29, 0.717) is 6.54 Å². The third-order valence-electron chi connectivity index (χ3n) is 5.48. The summed E-state index contributed by atoms with van der Waals surface area (Å²) < 4.78 is 0. The van der Waals surface area contributed by atoms with Gasteiger partial charge in [0.25, 0.3) is 0 Å². The summed E-state index contributed by atoms with van der Waals surface area (Å²) in [4.78, 5) is 19.4. The number of hydrogen-bond donors (Lipinski definition) is 2. The highest BCUT2D eigenvalue weighted by Crippen LogP contribution is 2.29. The van der Waals surface area contributed by atoms with E-state index in [2.05, 4.69) is 44.8 Å². The van der Waals surface area contributed by atoms with Gasteiger partial charge in [0, 0.05) is 38.6 Å². The Balaban J connectivity index is 1.46. The Morgan fingerprint density at radius 2 is 2.08 bits per heavy atom. The van der Waals surface area contributed by atoms with Crippen molar-refractivity contribution >= 4 is 5.91 Å². The molecule has 2 unspecified atom stereocenters. The molecule has 1 aromatic heterocycles. The standard InChI is InChI=1S/C21H26N4O/c26-21(24-19-7-3-5-17-4-1-2-6-18(17)19)20-14-23-12-13-25(20)15-16-8-10-22-11-9-16/h1-2,4,6,8-11,19-20,23H,3,5,7,12-15H2,(H,24,26). The van der Waals surface area contributed by atoms with E-state index < -0.39 is 0 Å². The lowest BCUT2D eigenvalue weighted by molar-refractivity contribution is -0.128. The monoisotopic (exact) mass is 350 g/mol. The molecule has 5 heteroatoms. The van der Waals surface area contributed by atoms with Crippen LogP contribution in [0.1, 0.15) is 35.6 Å². The first-order valence-electron chi connectivity index (χ1n) is 9.53. The van der Waals surface area contributed by atoms with Gasteiger partial charge in [-0.25, -0.2) is 0 Å². The Bertz CT molecular complexity index is 749. The number of pyridine rings is 1. The van der Waals surface area contributed by atoms with Gasteiger partial charge in [-0.2, -0.15) is 0 Å². The van der Waals surface area contributed by atoms with Crippen molar-refractivity contribution in [3.63, 3.8) is 0 Å². The number of amides is 1. The molecule has 2 aromatic rings. The Morgan fingerprint density at radius 3 is 2.96 bits per heavy atom. The second-order valence-corrected chi connectivity index (χ2v) is 7.20. The van der Waals surface area contributed by atoms with Crippen molar-refractivity contribution in [1.29, 1.82) is 0 Å². The molecule has 5 nitrogen and oxygen atoms in total. The topological polar surface area (TPSA) is 57.3 Å². The fourth-order valence-electron chi connectivity index (χ4n) is 4.09. The average Bonchev–Trinajstić information content (AvgIpc) is 2.69. The summed E-state index contributed by atoms with van der Waals surface area (Å²) in [6, 6.07) is 12.6. The number of nitrogens with one attached hydrogen (secondary N) is 2. The van der Waals surface area contributed by atoms with E-state index in [1.165, 1.54) is 16.7 Å². The average molecular weight is 350 g/mol. The van der Waals surface area contributed by atoms with Crippen LogP contribution in [0, 0.1) is 0 Å². The largest absolute Gasteiger partial charge is 0.348 e. The zero-order chi connectivity index (χ0) is 17.8. The first-order chi connectivity index (χ1) is 12.8. The molecule has 0 bridgehead atoms.